The Balaban J connectivity index is 2.00. The number of aromatic nitrogens is 4. The van der Waals surface area contributed by atoms with Gasteiger partial charge in [-0.15, -0.1) is 0 Å². The number of anilines is 1. The van der Waals surface area contributed by atoms with Crippen molar-refractivity contribution in [1.82, 2.24) is 18.9 Å². The second-order valence-corrected chi connectivity index (χ2v) is 7.95. The van der Waals surface area contributed by atoms with Gasteiger partial charge in [0.05, 0.1) is 11.1 Å². The molecule has 28 heavy (non-hydrogen) atoms. The topological polar surface area (TPSA) is 104 Å². The Morgan fingerprint density at radius 1 is 1.14 bits per heavy atom. The van der Waals surface area contributed by atoms with Crippen LogP contribution in [-0.2, 0) is 16.4 Å². The van der Waals surface area contributed by atoms with Crippen LogP contribution in [0.15, 0.2) is 59.9 Å². The van der Waals surface area contributed by atoms with E-state index in [0.717, 1.165) is 15.7 Å². The molecular weight excluding hydrogens is 381 g/mol. The molecule has 0 radical (unpaired) electrons. The maximum absolute atomic E-state index is 13.9. The van der Waals surface area contributed by atoms with Crippen LogP contribution in [0.2, 0.25) is 0 Å². The minimum Gasteiger partial charge on any atom is -0.383 e. The fraction of sp³-hybridized carbons (Fsp3) is 0.105. The van der Waals surface area contributed by atoms with Crippen molar-refractivity contribution in [3.05, 3.63) is 66.4 Å². The Morgan fingerprint density at radius 3 is 2.57 bits per heavy atom. The van der Waals surface area contributed by atoms with Gasteiger partial charge in [0, 0.05) is 28.9 Å². The zero-order valence-corrected chi connectivity index (χ0v) is 15.7. The molecule has 4 aromatic rings. The smallest absolute Gasteiger partial charge is 0.269 e. The van der Waals surface area contributed by atoms with Gasteiger partial charge in [0.2, 0.25) is 0 Å². The summed E-state index contributed by atoms with van der Waals surface area (Å²) in [6, 6.07) is 9.14. The number of nitrogens with zero attached hydrogens (tertiary/aromatic N) is 4. The van der Waals surface area contributed by atoms with Gasteiger partial charge in [-0.05, 0) is 24.6 Å². The molecule has 0 aliphatic rings. The predicted octanol–water partition coefficient (Wildman–Crippen LogP) is 3.01. The summed E-state index contributed by atoms with van der Waals surface area (Å²) >= 11 is 0. The van der Waals surface area contributed by atoms with E-state index >= 15 is 0 Å². The SMILES string of the molecule is CCc1cnc(-c2cn(S(=O)(=O)c3ccccc3)c3ncc(F)cc23)nc1N. The quantitative estimate of drug-likeness (QED) is 0.568. The number of rotatable bonds is 4. The molecule has 4 rings (SSSR count). The molecule has 0 atom stereocenters. The standard InChI is InChI=1S/C19H16FN5O2S/c1-2-12-9-22-18(24-17(12)21)16-11-25(19-15(16)8-13(20)10-23-19)28(26,27)14-6-4-3-5-7-14/h3-11H,2H2,1H3,(H2,21,22,24). The van der Waals surface area contributed by atoms with Gasteiger partial charge in [-0.1, -0.05) is 25.1 Å². The molecule has 142 valence electrons. The van der Waals surface area contributed by atoms with Crippen molar-refractivity contribution in [3.63, 3.8) is 0 Å². The first-order chi connectivity index (χ1) is 13.4. The molecule has 2 N–H and O–H groups in total. The fourth-order valence-electron chi connectivity index (χ4n) is 2.94. The van der Waals surface area contributed by atoms with E-state index in [9.17, 15) is 12.8 Å². The van der Waals surface area contributed by atoms with Gasteiger partial charge in [0.1, 0.15) is 11.6 Å². The molecule has 0 aliphatic heterocycles. The second-order valence-electron chi connectivity index (χ2n) is 6.14. The highest BCUT2D eigenvalue weighted by Crippen LogP contribution is 2.31. The molecular formula is C19H16FN5O2S. The van der Waals surface area contributed by atoms with E-state index < -0.39 is 15.8 Å². The largest absolute Gasteiger partial charge is 0.383 e. The van der Waals surface area contributed by atoms with Crippen LogP contribution in [0, 0.1) is 5.82 Å². The zero-order valence-electron chi connectivity index (χ0n) is 14.9. The molecule has 0 amide bonds. The minimum atomic E-state index is -3.94. The van der Waals surface area contributed by atoms with Crippen molar-refractivity contribution in [1.29, 1.82) is 0 Å². The summed E-state index contributed by atoms with van der Waals surface area (Å²) in [4.78, 5) is 12.6. The van der Waals surface area contributed by atoms with Crippen LogP contribution >= 0.6 is 0 Å². The molecule has 3 aromatic heterocycles. The molecule has 0 aliphatic carbocycles. The number of hydrogen-bond donors (Lipinski definition) is 1. The highest BCUT2D eigenvalue weighted by molar-refractivity contribution is 7.90. The van der Waals surface area contributed by atoms with E-state index in [4.69, 9.17) is 5.73 Å². The monoisotopic (exact) mass is 397 g/mol. The third-order valence-corrected chi connectivity index (χ3v) is 6.06. The van der Waals surface area contributed by atoms with Crippen molar-refractivity contribution >= 4 is 26.9 Å². The minimum absolute atomic E-state index is 0.0852. The number of aryl methyl sites for hydroxylation is 1. The van der Waals surface area contributed by atoms with Crippen LogP contribution in [0.3, 0.4) is 0 Å². The Kier molecular flexibility index (Phi) is 4.31. The fourth-order valence-corrected chi connectivity index (χ4v) is 4.29. The summed E-state index contributed by atoms with van der Waals surface area (Å²) in [6.45, 7) is 1.92. The van der Waals surface area contributed by atoms with Gasteiger partial charge in [-0.2, -0.15) is 0 Å². The molecule has 0 bridgehead atoms. The highest BCUT2D eigenvalue weighted by Gasteiger charge is 2.24. The highest BCUT2D eigenvalue weighted by atomic mass is 32.2. The first-order valence-electron chi connectivity index (χ1n) is 8.51. The molecule has 0 saturated heterocycles. The van der Waals surface area contributed by atoms with Gasteiger partial charge in [-0.3, -0.25) is 0 Å². The molecule has 7 nitrogen and oxygen atoms in total. The molecule has 0 saturated carbocycles. The normalized spacial score (nSPS) is 11.8. The lowest BCUT2D eigenvalue weighted by molar-refractivity contribution is 0.588. The molecule has 9 heteroatoms. The molecule has 0 fully saturated rings. The van der Waals surface area contributed by atoms with Crippen LogP contribution in [0.25, 0.3) is 22.4 Å². The van der Waals surface area contributed by atoms with Gasteiger partial charge in [0.25, 0.3) is 10.0 Å². The summed E-state index contributed by atoms with van der Waals surface area (Å²) in [5.74, 6) is -0.0976. The first kappa shape index (κ1) is 18.1. The van der Waals surface area contributed by atoms with Crippen LogP contribution in [0.5, 0.6) is 0 Å². The van der Waals surface area contributed by atoms with E-state index in [1.807, 2.05) is 6.92 Å². The average Bonchev–Trinajstić information content (AvgIpc) is 3.08. The van der Waals surface area contributed by atoms with Gasteiger partial charge in [-0.25, -0.2) is 31.7 Å². The van der Waals surface area contributed by atoms with Gasteiger partial charge >= 0.3 is 0 Å². The van der Waals surface area contributed by atoms with Gasteiger partial charge in [0.15, 0.2) is 11.5 Å². The molecule has 1 aromatic carbocycles. The summed E-state index contributed by atoms with van der Waals surface area (Å²) in [5, 5.41) is 0.281. The lowest BCUT2D eigenvalue weighted by Gasteiger charge is -2.06. The Bertz CT molecular complexity index is 1290. The average molecular weight is 397 g/mol. The molecule has 3 heterocycles. The third-order valence-electron chi connectivity index (χ3n) is 4.40. The van der Waals surface area contributed by atoms with Crippen molar-refractivity contribution < 1.29 is 12.8 Å². The van der Waals surface area contributed by atoms with Crippen LogP contribution in [0.1, 0.15) is 12.5 Å². The Hall–Kier alpha value is -3.33. The van der Waals surface area contributed by atoms with Crippen molar-refractivity contribution in [3.8, 4) is 11.4 Å². The molecule has 0 unspecified atom stereocenters. The summed E-state index contributed by atoms with van der Waals surface area (Å²) in [7, 11) is -3.94. The number of pyridine rings is 1. The predicted molar refractivity (Wildman–Crippen MR) is 104 cm³/mol. The Labute approximate surface area is 160 Å². The lowest BCUT2D eigenvalue weighted by Crippen LogP contribution is -2.12. The van der Waals surface area contributed by atoms with Crippen LogP contribution in [0.4, 0.5) is 10.2 Å². The van der Waals surface area contributed by atoms with E-state index in [2.05, 4.69) is 15.0 Å². The summed E-state index contributed by atoms with van der Waals surface area (Å²) < 4.78 is 41.1. The number of halogens is 1. The van der Waals surface area contributed by atoms with E-state index in [-0.39, 0.29) is 21.8 Å². The number of benzene rings is 1. The summed E-state index contributed by atoms with van der Waals surface area (Å²) in [6.07, 6.45) is 4.56. The number of nitrogen functional groups attached to an aromatic ring is 1. The Morgan fingerprint density at radius 2 is 1.89 bits per heavy atom. The first-order valence-corrected chi connectivity index (χ1v) is 9.95. The van der Waals surface area contributed by atoms with Crippen molar-refractivity contribution in [2.45, 2.75) is 18.2 Å². The van der Waals surface area contributed by atoms with Gasteiger partial charge < -0.3 is 5.73 Å². The maximum Gasteiger partial charge on any atom is 0.269 e. The van der Waals surface area contributed by atoms with E-state index in [1.165, 1.54) is 24.4 Å². The summed E-state index contributed by atoms with van der Waals surface area (Å²) in [5.41, 5.74) is 7.15. The maximum atomic E-state index is 13.9. The van der Waals surface area contributed by atoms with Crippen LogP contribution < -0.4 is 5.73 Å². The number of hydrogen-bond acceptors (Lipinski definition) is 6. The van der Waals surface area contributed by atoms with E-state index in [1.54, 1.807) is 24.4 Å². The van der Waals surface area contributed by atoms with Crippen LogP contribution in [-0.4, -0.2) is 27.3 Å². The van der Waals surface area contributed by atoms with Crippen molar-refractivity contribution in [2.24, 2.45) is 0 Å². The molecule has 0 spiro atoms. The van der Waals surface area contributed by atoms with Crippen molar-refractivity contribution in [2.75, 3.05) is 5.73 Å². The third kappa shape index (κ3) is 2.89. The number of nitrogens with two attached hydrogens (primary N) is 1. The zero-order chi connectivity index (χ0) is 19.9. The number of fused-ring (bicyclic) bond motifs is 1. The second kappa shape index (κ2) is 6.68. The lowest BCUT2D eigenvalue weighted by atomic mass is 10.2. The van der Waals surface area contributed by atoms with E-state index in [0.29, 0.717) is 17.8 Å².